The van der Waals surface area contributed by atoms with E-state index in [-0.39, 0.29) is 5.41 Å². The molecule has 1 fully saturated rings. The van der Waals surface area contributed by atoms with Gasteiger partial charge in [0.25, 0.3) is 6.41 Å². The lowest BCUT2D eigenvalue weighted by atomic mass is 9.96. The van der Waals surface area contributed by atoms with E-state index < -0.39 is 6.41 Å². The Morgan fingerprint density at radius 1 is 1.18 bits per heavy atom. The number of ether oxygens (including phenoxy) is 2. The van der Waals surface area contributed by atoms with E-state index in [1.165, 1.54) is 16.8 Å². The third-order valence-electron chi connectivity index (χ3n) is 3.91. The van der Waals surface area contributed by atoms with Gasteiger partial charge in [-0.2, -0.15) is 0 Å². The van der Waals surface area contributed by atoms with Gasteiger partial charge in [-0.3, -0.25) is 0 Å². The van der Waals surface area contributed by atoms with Crippen LogP contribution in [0.1, 0.15) is 38.8 Å². The second kappa shape index (κ2) is 7.25. The number of aliphatic imine (C=N–C) groups is 1. The number of benzene rings is 1. The molecule has 122 valence electrons. The summed E-state index contributed by atoms with van der Waals surface area (Å²) in [4.78, 5) is 6.51. The van der Waals surface area contributed by atoms with Crippen molar-refractivity contribution in [3.8, 4) is 0 Å². The quantitative estimate of drug-likeness (QED) is 0.615. The second-order valence-corrected chi connectivity index (χ2v) is 6.60. The molecule has 0 unspecified atom stereocenters. The highest BCUT2D eigenvalue weighted by molar-refractivity contribution is 5.81. The van der Waals surface area contributed by atoms with E-state index in [1.54, 1.807) is 0 Å². The lowest BCUT2D eigenvalue weighted by Gasteiger charge is -2.32. The molecule has 2 rings (SSSR count). The zero-order valence-corrected chi connectivity index (χ0v) is 14.4. The van der Waals surface area contributed by atoms with Crippen molar-refractivity contribution in [2.45, 2.75) is 47.0 Å². The van der Waals surface area contributed by atoms with Crippen molar-refractivity contribution in [1.82, 2.24) is 0 Å². The van der Waals surface area contributed by atoms with Crippen LogP contribution in [-0.2, 0) is 22.3 Å². The van der Waals surface area contributed by atoms with Crippen molar-refractivity contribution in [1.29, 1.82) is 0 Å². The third-order valence-corrected chi connectivity index (χ3v) is 3.91. The van der Waals surface area contributed by atoms with Crippen molar-refractivity contribution < 1.29 is 9.47 Å². The van der Waals surface area contributed by atoms with Crippen LogP contribution < -0.4 is 4.90 Å². The molecule has 0 spiro atoms. The van der Waals surface area contributed by atoms with E-state index in [1.807, 2.05) is 13.4 Å². The average Bonchev–Trinajstić information content (AvgIpc) is 2.52. The predicted octanol–water partition coefficient (Wildman–Crippen LogP) is 3.63. The molecule has 1 aliphatic heterocycles. The molecular formula is C18H28N2O2. The van der Waals surface area contributed by atoms with Gasteiger partial charge in [-0.05, 0) is 24.0 Å². The minimum atomic E-state index is -0.491. The van der Waals surface area contributed by atoms with Crippen LogP contribution in [0.3, 0.4) is 0 Å². The second-order valence-electron chi connectivity index (χ2n) is 6.60. The van der Waals surface area contributed by atoms with Gasteiger partial charge in [-0.15, -0.1) is 0 Å². The van der Waals surface area contributed by atoms with Crippen LogP contribution in [-0.4, -0.2) is 33.0 Å². The van der Waals surface area contributed by atoms with Crippen molar-refractivity contribution >= 4 is 12.0 Å². The minimum Gasteiger partial charge on any atom is -0.335 e. The van der Waals surface area contributed by atoms with Crippen LogP contribution in [0.15, 0.2) is 23.2 Å². The summed E-state index contributed by atoms with van der Waals surface area (Å²) in [7, 11) is 2.03. The number of aryl methyl sites for hydroxylation is 2. The third kappa shape index (κ3) is 4.08. The Kier molecular flexibility index (Phi) is 5.59. The maximum Gasteiger partial charge on any atom is 0.259 e. The van der Waals surface area contributed by atoms with Gasteiger partial charge in [0.1, 0.15) is 0 Å². The van der Waals surface area contributed by atoms with Gasteiger partial charge < -0.3 is 14.4 Å². The van der Waals surface area contributed by atoms with Gasteiger partial charge in [0.15, 0.2) is 0 Å². The minimum absolute atomic E-state index is 0.0715. The molecule has 0 aliphatic carbocycles. The SMILES string of the molecule is CCc1cccc(CC)c1N(C)C=NC1OCC(C)(C)CO1. The number of anilines is 1. The molecule has 4 nitrogen and oxygen atoms in total. The molecule has 0 atom stereocenters. The Hall–Kier alpha value is -1.39. The fourth-order valence-electron chi connectivity index (χ4n) is 2.65. The number of hydrogen-bond acceptors (Lipinski definition) is 3. The summed E-state index contributed by atoms with van der Waals surface area (Å²) in [6.45, 7) is 9.96. The number of nitrogens with zero attached hydrogens (tertiary/aromatic N) is 2. The molecule has 22 heavy (non-hydrogen) atoms. The van der Waals surface area contributed by atoms with Gasteiger partial charge in [-0.1, -0.05) is 45.9 Å². The first kappa shape index (κ1) is 17.0. The van der Waals surface area contributed by atoms with Gasteiger partial charge >= 0.3 is 0 Å². The fraction of sp³-hybridized carbons (Fsp3) is 0.611. The highest BCUT2D eigenvalue weighted by atomic mass is 16.7. The molecule has 1 saturated heterocycles. The Labute approximate surface area is 134 Å². The van der Waals surface area contributed by atoms with Crippen LogP contribution in [0.4, 0.5) is 5.69 Å². The molecule has 0 aromatic heterocycles. The standard InChI is InChI=1S/C18H28N2O2/c1-6-14-9-8-10-15(7-2)16(14)20(5)13-19-17-21-11-18(3,4)12-22-17/h8-10,13,17H,6-7,11-12H2,1-5H3. The van der Waals surface area contributed by atoms with Crippen LogP contribution >= 0.6 is 0 Å². The molecule has 0 N–H and O–H groups in total. The fourth-order valence-corrected chi connectivity index (χ4v) is 2.65. The molecule has 1 aromatic rings. The van der Waals surface area contributed by atoms with E-state index in [4.69, 9.17) is 9.47 Å². The van der Waals surface area contributed by atoms with Gasteiger partial charge in [0, 0.05) is 18.2 Å². The van der Waals surface area contributed by atoms with Crippen molar-refractivity contribution in [3.63, 3.8) is 0 Å². The summed E-state index contributed by atoms with van der Waals surface area (Å²) in [6.07, 6.45) is 3.34. The van der Waals surface area contributed by atoms with Crippen LogP contribution in [0, 0.1) is 5.41 Å². The first-order valence-corrected chi connectivity index (χ1v) is 8.07. The molecule has 0 radical (unpaired) electrons. The highest BCUT2D eigenvalue weighted by Gasteiger charge is 2.27. The number of rotatable bonds is 5. The molecule has 1 heterocycles. The van der Waals surface area contributed by atoms with Crippen molar-refractivity contribution in [2.75, 3.05) is 25.2 Å². The highest BCUT2D eigenvalue weighted by Crippen LogP contribution is 2.26. The Morgan fingerprint density at radius 3 is 2.23 bits per heavy atom. The van der Waals surface area contributed by atoms with E-state index in [9.17, 15) is 0 Å². The molecule has 1 aromatic carbocycles. The van der Waals surface area contributed by atoms with Crippen molar-refractivity contribution in [3.05, 3.63) is 29.3 Å². The summed E-state index contributed by atoms with van der Waals surface area (Å²) in [5, 5.41) is 0. The first-order valence-electron chi connectivity index (χ1n) is 8.07. The van der Waals surface area contributed by atoms with Crippen LogP contribution in [0.25, 0.3) is 0 Å². The zero-order valence-electron chi connectivity index (χ0n) is 14.4. The number of para-hydroxylation sites is 1. The molecule has 0 bridgehead atoms. The van der Waals surface area contributed by atoms with Crippen LogP contribution in [0.5, 0.6) is 0 Å². The van der Waals surface area contributed by atoms with E-state index in [0.29, 0.717) is 13.2 Å². The molecule has 4 heteroatoms. The summed E-state index contributed by atoms with van der Waals surface area (Å²) in [5.74, 6) is 0. The summed E-state index contributed by atoms with van der Waals surface area (Å²) >= 11 is 0. The Balaban J connectivity index is 2.09. The summed E-state index contributed by atoms with van der Waals surface area (Å²) in [5.41, 5.74) is 3.98. The van der Waals surface area contributed by atoms with Gasteiger partial charge in [0.05, 0.1) is 19.6 Å². The lowest BCUT2D eigenvalue weighted by molar-refractivity contribution is -0.216. The largest absolute Gasteiger partial charge is 0.335 e. The normalized spacial score (nSPS) is 18.8. The Morgan fingerprint density at radius 2 is 1.73 bits per heavy atom. The smallest absolute Gasteiger partial charge is 0.259 e. The molecule has 1 aliphatic rings. The maximum absolute atomic E-state index is 5.65. The molecule has 0 amide bonds. The monoisotopic (exact) mass is 304 g/mol. The molecule has 0 saturated carbocycles. The van der Waals surface area contributed by atoms with E-state index in [2.05, 4.69) is 55.8 Å². The topological polar surface area (TPSA) is 34.1 Å². The molecular weight excluding hydrogens is 276 g/mol. The number of hydrogen-bond donors (Lipinski definition) is 0. The predicted molar refractivity (Wildman–Crippen MR) is 91.6 cm³/mol. The average molecular weight is 304 g/mol. The van der Waals surface area contributed by atoms with Gasteiger partial charge in [-0.25, -0.2) is 4.99 Å². The van der Waals surface area contributed by atoms with E-state index in [0.717, 1.165) is 12.8 Å². The van der Waals surface area contributed by atoms with Crippen LogP contribution in [0.2, 0.25) is 0 Å². The van der Waals surface area contributed by atoms with E-state index >= 15 is 0 Å². The lowest BCUT2D eigenvalue weighted by Crippen LogP contribution is -2.37. The summed E-state index contributed by atoms with van der Waals surface area (Å²) < 4.78 is 11.3. The Bertz CT molecular complexity index is 494. The van der Waals surface area contributed by atoms with Gasteiger partial charge in [0.2, 0.25) is 0 Å². The van der Waals surface area contributed by atoms with Crippen molar-refractivity contribution in [2.24, 2.45) is 10.4 Å². The summed E-state index contributed by atoms with van der Waals surface area (Å²) in [6, 6.07) is 6.48. The first-order chi connectivity index (χ1) is 10.5. The zero-order chi connectivity index (χ0) is 16.2. The maximum atomic E-state index is 5.65.